The van der Waals surface area contributed by atoms with Gasteiger partial charge in [-0.2, -0.15) is 0 Å². The van der Waals surface area contributed by atoms with Crippen molar-refractivity contribution >= 4 is 19.8 Å². The average Bonchev–Trinajstić information content (AvgIpc) is 2.17. The van der Waals surface area contributed by atoms with Gasteiger partial charge in [0.2, 0.25) is 0 Å². The number of hydrogen-bond donors (Lipinski definition) is 2. The number of carbonyl (C=O) groups excluding carboxylic acids is 2. The van der Waals surface area contributed by atoms with Crippen molar-refractivity contribution in [2.24, 2.45) is 5.73 Å². The third-order valence-electron chi connectivity index (χ3n) is 16.3. The normalized spacial score (nSPS) is 13.9. The van der Waals surface area contributed by atoms with Crippen molar-refractivity contribution in [2.75, 3.05) is 26.4 Å². The quantitative estimate of drug-likeness (QED) is 0.0264. The van der Waals surface area contributed by atoms with Crippen molar-refractivity contribution in [3.05, 3.63) is 182 Å². The van der Waals surface area contributed by atoms with Gasteiger partial charge in [-0.1, -0.05) is 357 Å². The minimum absolute atomic E-state index is 0.0403. The Bertz CT molecular complexity index is 2250. The molecule has 0 aliphatic rings. The number of rotatable bonds is 72. The van der Waals surface area contributed by atoms with E-state index >= 15 is 0 Å². The number of ether oxygens (including phenoxy) is 2. The third kappa shape index (κ3) is 80.0. The van der Waals surface area contributed by atoms with Gasteiger partial charge in [0, 0.05) is 19.4 Å². The number of phosphoric ester groups is 1. The lowest BCUT2D eigenvalue weighted by Gasteiger charge is -2.19. The highest BCUT2D eigenvalue weighted by atomic mass is 31.2. The Hall–Kier alpha value is -4.89. The zero-order valence-electron chi connectivity index (χ0n) is 62.0. The molecule has 550 valence electrons. The van der Waals surface area contributed by atoms with Crippen LogP contribution in [0.3, 0.4) is 0 Å². The van der Waals surface area contributed by atoms with Crippen LogP contribution in [0.25, 0.3) is 0 Å². The number of nitrogens with two attached hydrogens (primary N) is 1. The lowest BCUT2D eigenvalue weighted by atomic mass is 10.0. The van der Waals surface area contributed by atoms with E-state index < -0.39 is 32.5 Å². The maximum atomic E-state index is 12.8. The molecular formula is C87H144NO8P. The van der Waals surface area contributed by atoms with Gasteiger partial charge in [0.05, 0.1) is 13.2 Å². The molecule has 0 saturated heterocycles. The monoisotopic (exact) mass is 1360 g/mol. The van der Waals surface area contributed by atoms with Crippen LogP contribution in [0.5, 0.6) is 0 Å². The molecule has 3 N–H and O–H groups in total. The summed E-state index contributed by atoms with van der Waals surface area (Å²) < 4.78 is 33.2. The SMILES string of the molecule is CC/C=C\C/C=C\C/C=C\C/C=C\C/C=C\C/C=C\C/C=C\C/C=C\C/C=C\C/C=C\C/C=C\CCCCCC(=O)OC(COC(=O)CCCCCCCCCCCCCCCCCCCCCCCCCCCC/C=C\C/C=C\C/C=C\C/C=C\CC)COP(=O)(O)OCCN. The fraction of sp³-hybridized carbons (Fsp3) is 0.632. The van der Waals surface area contributed by atoms with Gasteiger partial charge in [-0.05, 0) is 135 Å². The van der Waals surface area contributed by atoms with Gasteiger partial charge >= 0.3 is 19.8 Å². The van der Waals surface area contributed by atoms with Gasteiger partial charge in [0.25, 0.3) is 0 Å². The van der Waals surface area contributed by atoms with Gasteiger partial charge in [0.1, 0.15) is 6.61 Å². The molecule has 0 aromatic heterocycles. The number of allylic oxidation sites excluding steroid dienone is 30. The average molecular weight is 1360 g/mol. The van der Waals surface area contributed by atoms with Crippen LogP contribution in [0.15, 0.2) is 182 Å². The van der Waals surface area contributed by atoms with Crippen molar-refractivity contribution in [2.45, 2.75) is 328 Å². The fourth-order valence-electron chi connectivity index (χ4n) is 10.6. The summed E-state index contributed by atoms with van der Waals surface area (Å²) in [6.07, 6.45) is 120. The molecule has 2 unspecified atom stereocenters. The summed E-state index contributed by atoms with van der Waals surface area (Å²) in [5.41, 5.74) is 5.41. The van der Waals surface area contributed by atoms with E-state index in [1.807, 2.05) is 0 Å². The topological polar surface area (TPSA) is 134 Å². The number of hydrogen-bond acceptors (Lipinski definition) is 8. The van der Waals surface area contributed by atoms with Gasteiger partial charge in [0.15, 0.2) is 6.10 Å². The van der Waals surface area contributed by atoms with Crippen molar-refractivity contribution in [3.63, 3.8) is 0 Å². The molecule has 0 saturated carbocycles. The van der Waals surface area contributed by atoms with E-state index in [-0.39, 0.29) is 32.6 Å². The molecule has 0 amide bonds. The highest BCUT2D eigenvalue weighted by Gasteiger charge is 2.26. The summed E-state index contributed by atoms with van der Waals surface area (Å²) in [4.78, 5) is 35.4. The summed E-state index contributed by atoms with van der Waals surface area (Å²) in [5, 5.41) is 0. The van der Waals surface area contributed by atoms with E-state index in [0.717, 1.165) is 135 Å². The highest BCUT2D eigenvalue weighted by Crippen LogP contribution is 2.43. The summed E-state index contributed by atoms with van der Waals surface area (Å²) in [6.45, 7) is 3.49. The first-order chi connectivity index (χ1) is 47.8. The van der Waals surface area contributed by atoms with Crippen LogP contribution >= 0.6 is 7.82 Å². The van der Waals surface area contributed by atoms with Gasteiger partial charge in [-0.25, -0.2) is 4.57 Å². The molecule has 0 aromatic rings. The Morgan fingerprint density at radius 2 is 0.536 bits per heavy atom. The fourth-order valence-corrected chi connectivity index (χ4v) is 11.3. The van der Waals surface area contributed by atoms with Crippen molar-refractivity contribution < 1.29 is 37.6 Å². The zero-order chi connectivity index (χ0) is 70.0. The minimum atomic E-state index is -4.42. The van der Waals surface area contributed by atoms with Gasteiger partial charge < -0.3 is 20.1 Å². The van der Waals surface area contributed by atoms with Crippen molar-refractivity contribution in [1.29, 1.82) is 0 Å². The zero-order valence-corrected chi connectivity index (χ0v) is 62.9. The second-order valence-corrected chi connectivity index (χ2v) is 26.9. The van der Waals surface area contributed by atoms with Crippen LogP contribution in [0.2, 0.25) is 0 Å². The smallest absolute Gasteiger partial charge is 0.462 e. The standard InChI is InChI=1S/C87H144NO8P/c1-3-5-7-9-11-13-15-17-19-21-23-25-27-29-31-33-35-37-39-41-42-44-45-47-49-51-53-55-57-59-61-63-65-67-69-71-73-75-77-79-86(89)93-83-85(84-95-97(91,92)94-82-81-88)96-87(90)80-78-76-74-72-70-68-66-64-62-60-58-56-54-52-50-48-46-43-40-38-36-34-32-30-28-26-24-22-20-18-16-14-12-10-8-6-4-2/h5-8,11-14,17-20,23-26,30,32,36,38,43,46,50,52,56,58,62,64,68,70,85H,3-4,9-10,15-16,21-22,27-29,31,33-35,37,39-42,44-45,47-49,51,53-55,57,59-61,63,65-67,69,71-84,88H2,1-2H3,(H,91,92)/b7-5-,8-6-,13-11-,14-12-,19-17-,20-18-,25-23-,26-24-,32-30-,38-36-,46-43-,52-50-,58-56-,64-62-,70-68-. The number of unbranched alkanes of at least 4 members (excludes halogenated alkanes) is 29. The van der Waals surface area contributed by atoms with E-state index in [4.69, 9.17) is 24.3 Å². The predicted octanol–water partition coefficient (Wildman–Crippen LogP) is 26.6. The first-order valence-electron chi connectivity index (χ1n) is 39.3. The lowest BCUT2D eigenvalue weighted by molar-refractivity contribution is -0.161. The molecule has 0 radical (unpaired) electrons. The maximum Gasteiger partial charge on any atom is 0.472 e. The largest absolute Gasteiger partial charge is 0.472 e. The number of esters is 2. The van der Waals surface area contributed by atoms with E-state index in [0.29, 0.717) is 6.42 Å². The van der Waals surface area contributed by atoms with E-state index in [1.165, 1.54) is 154 Å². The Morgan fingerprint density at radius 3 is 0.804 bits per heavy atom. The Labute approximate surface area is 596 Å². The van der Waals surface area contributed by atoms with Crippen molar-refractivity contribution in [1.82, 2.24) is 0 Å². The lowest BCUT2D eigenvalue weighted by Crippen LogP contribution is -2.29. The molecule has 0 spiro atoms. The van der Waals surface area contributed by atoms with Crippen LogP contribution in [-0.2, 0) is 32.7 Å². The van der Waals surface area contributed by atoms with E-state index in [9.17, 15) is 19.0 Å². The first kappa shape index (κ1) is 92.1. The second-order valence-electron chi connectivity index (χ2n) is 25.5. The summed E-state index contributed by atoms with van der Waals surface area (Å²) in [5.74, 6) is -0.867. The molecule has 97 heavy (non-hydrogen) atoms. The van der Waals surface area contributed by atoms with Crippen LogP contribution in [-0.4, -0.2) is 49.3 Å². The maximum absolute atomic E-state index is 12.8. The first-order valence-corrected chi connectivity index (χ1v) is 40.8. The summed E-state index contributed by atoms with van der Waals surface area (Å²) in [6, 6.07) is 0. The molecule has 0 fully saturated rings. The van der Waals surface area contributed by atoms with Crippen LogP contribution in [0.4, 0.5) is 0 Å². The molecule has 0 aliphatic carbocycles. The van der Waals surface area contributed by atoms with Crippen molar-refractivity contribution in [3.8, 4) is 0 Å². The molecule has 0 aliphatic heterocycles. The molecule has 0 heterocycles. The molecule has 2 atom stereocenters. The predicted molar refractivity (Wildman–Crippen MR) is 422 cm³/mol. The van der Waals surface area contributed by atoms with Gasteiger partial charge in [-0.3, -0.25) is 18.6 Å². The summed E-state index contributed by atoms with van der Waals surface area (Å²) in [7, 11) is -4.42. The van der Waals surface area contributed by atoms with E-state index in [1.54, 1.807) is 0 Å². The van der Waals surface area contributed by atoms with E-state index in [2.05, 4.69) is 196 Å². The Morgan fingerprint density at radius 1 is 0.309 bits per heavy atom. The molecule has 10 heteroatoms. The Balaban J connectivity index is 3.92. The molecule has 0 bridgehead atoms. The minimum Gasteiger partial charge on any atom is -0.462 e. The second kappa shape index (κ2) is 80.1. The van der Waals surface area contributed by atoms with Crippen LogP contribution < -0.4 is 5.73 Å². The third-order valence-corrected chi connectivity index (χ3v) is 17.3. The number of phosphoric acid groups is 1. The summed E-state index contributed by atoms with van der Waals surface area (Å²) >= 11 is 0. The molecule has 9 nitrogen and oxygen atoms in total. The van der Waals surface area contributed by atoms with Crippen LogP contribution in [0.1, 0.15) is 322 Å². The van der Waals surface area contributed by atoms with Crippen LogP contribution in [0, 0.1) is 0 Å². The van der Waals surface area contributed by atoms with Gasteiger partial charge in [-0.15, -0.1) is 0 Å². The molecular weight excluding hydrogens is 1220 g/mol. The molecule has 0 aromatic carbocycles. The Kier molecular flexibility index (Phi) is 76.1. The highest BCUT2D eigenvalue weighted by molar-refractivity contribution is 7.47. The number of carbonyl (C=O) groups is 2. The molecule has 0 rings (SSSR count).